The number of nitrogens with one attached hydrogen (secondary N) is 1. The lowest BCUT2D eigenvalue weighted by Crippen LogP contribution is -2.40. The van der Waals surface area contributed by atoms with Gasteiger partial charge < -0.3 is 15.5 Å². The second-order valence-electron chi connectivity index (χ2n) is 4.80. The number of rotatable bonds is 5. The van der Waals surface area contributed by atoms with Crippen molar-refractivity contribution in [1.29, 1.82) is 0 Å². The third-order valence-corrected chi connectivity index (χ3v) is 2.84. The molecule has 0 aromatic carbocycles. The van der Waals surface area contributed by atoms with E-state index < -0.39 is 0 Å². The third kappa shape index (κ3) is 3.95. The van der Waals surface area contributed by atoms with Crippen molar-refractivity contribution in [2.75, 3.05) is 6.54 Å². The van der Waals surface area contributed by atoms with Crippen molar-refractivity contribution in [3.63, 3.8) is 0 Å². The summed E-state index contributed by atoms with van der Waals surface area (Å²) < 4.78 is 0. The average Bonchev–Trinajstić information content (AvgIpc) is 2.46. The van der Waals surface area contributed by atoms with Gasteiger partial charge in [0.1, 0.15) is 0 Å². The highest BCUT2D eigenvalue weighted by molar-refractivity contribution is 4.83. The third-order valence-electron chi connectivity index (χ3n) is 2.84. The van der Waals surface area contributed by atoms with Crippen LogP contribution in [0.2, 0.25) is 0 Å². The van der Waals surface area contributed by atoms with Crippen LogP contribution in [-0.2, 0) is 0 Å². The first-order valence-corrected chi connectivity index (χ1v) is 5.69. The van der Waals surface area contributed by atoms with Crippen molar-refractivity contribution < 1.29 is 10.2 Å². The highest BCUT2D eigenvalue weighted by atomic mass is 16.3. The van der Waals surface area contributed by atoms with Crippen LogP contribution >= 0.6 is 0 Å². The lowest BCUT2D eigenvalue weighted by molar-refractivity contribution is 0.116. The highest BCUT2D eigenvalue weighted by Gasteiger charge is 2.24. The van der Waals surface area contributed by atoms with Gasteiger partial charge in [-0.05, 0) is 31.6 Å². The molecule has 1 saturated carbocycles. The molecule has 1 rings (SSSR count). The van der Waals surface area contributed by atoms with E-state index in [2.05, 4.69) is 19.2 Å². The van der Waals surface area contributed by atoms with Gasteiger partial charge in [-0.15, -0.1) is 0 Å². The van der Waals surface area contributed by atoms with Gasteiger partial charge in [0.15, 0.2) is 0 Å². The monoisotopic (exact) mass is 201 g/mol. The van der Waals surface area contributed by atoms with Gasteiger partial charge in [0.05, 0.1) is 12.2 Å². The zero-order valence-electron chi connectivity index (χ0n) is 9.24. The Bertz CT molecular complexity index is 161. The minimum atomic E-state index is -0.275. The van der Waals surface area contributed by atoms with E-state index in [0.29, 0.717) is 12.5 Å². The lowest BCUT2D eigenvalue weighted by atomic mass is 10.1. The topological polar surface area (TPSA) is 52.5 Å². The molecule has 0 aliphatic heterocycles. The first-order valence-electron chi connectivity index (χ1n) is 5.69. The van der Waals surface area contributed by atoms with Gasteiger partial charge in [0.2, 0.25) is 0 Å². The van der Waals surface area contributed by atoms with Crippen LogP contribution in [-0.4, -0.2) is 35.0 Å². The predicted molar refractivity (Wildman–Crippen MR) is 57.1 cm³/mol. The van der Waals surface area contributed by atoms with Gasteiger partial charge in [-0.25, -0.2) is 0 Å². The summed E-state index contributed by atoms with van der Waals surface area (Å²) in [6.45, 7) is 4.82. The molecule has 3 unspecified atom stereocenters. The van der Waals surface area contributed by atoms with Crippen molar-refractivity contribution in [2.24, 2.45) is 5.92 Å². The maximum absolute atomic E-state index is 9.62. The van der Waals surface area contributed by atoms with Crippen molar-refractivity contribution in [2.45, 2.75) is 57.8 Å². The molecule has 84 valence electrons. The van der Waals surface area contributed by atoms with E-state index in [1.165, 1.54) is 0 Å². The van der Waals surface area contributed by atoms with Crippen molar-refractivity contribution in [3.8, 4) is 0 Å². The molecule has 0 bridgehead atoms. The molecule has 0 saturated heterocycles. The number of aliphatic hydroxyl groups is 2. The maximum Gasteiger partial charge on any atom is 0.0693 e. The second kappa shape index (κ2) is 5.69. The van der Waals surface area contributed by atoms with Crippen LogP contribution in [0.5, 0.6) is 0 Å². The van der Waals surface area contributed by atoms with E-state index in [1.807, 2.05) is 0 Å². The smallest absolute Gasteiger partial charge is 0.0693 e. The fourth-order valence-corrected chi connectivity index (χ4v) is 2.09. The summed E-state index contributed by atoms with van der Waals surface area (Å²) in [5.41, 5.74) is 0. The molecule has 0 aromatic heterocycles. The molecule has 0 spiro atoms. The van der Waals surface area contributed by atoms with Gasteiger partial charge in [0.25, 0.3) is 0 Å². The van der Waals surface area contributed by atoms with E-state index in [0.717, 1.165) is 25.7 Å². The summed E-state index contributed by atoms with van der Waals surface area (Å²) in [5.74, 6) is 0.528. The summed E-state index contributed by atoms with van der Waals surface area (Å²) in [6, 6.07) is 0.205. The molecule has 0 heterocycles. The molecule has 0 aromatic rings. The fraction of sp³-hybridized carbons (Fsp3) is 1.00. The minimum Gasteiger partial charge on any atom is -0.392 e. The van der Waals surface area contributed by atoms with E-state index in [1.54, 1.807) is 0 Å². The Morgan fingerprint density at radius 2 is 2.07 bits per heavy atom. The van der Waals surface area contributed by atoms with Gasteiger partial charge in [-0.1, -0.05) is 13.8 Å². The van der Waals surface area contributed by atoms with Crippen LogP contribution in [0, 0.1) is 5.92 Å². The Balaban J connectivity index is 2.13. The van der Waals surface area contributed by atoms with Crippen LogP contribution in [0.25, 0.3) is 0 Å². The Morgan fingerprint density at radius 3 is 2.57 bits per heavy atom. The zero-order chi connectivity index (χ0) is 10.6. The van der Waals surface area contributed by atoms with Crippen molar-refractivity contribution in [3.05, 3.63) is 0 Å². The molecule has 1 aliphatic rings. The van der Waals surface area contributed by atoms with Crippen LogP contribution in [0.4, 0.5) is 0 Å². The Morgan fingerprint density at radius 1 is 1.36 bits per heavy atom. The van der Waals surface area contributed by atoms with Crippen molar-refractivity contribution >= 4 is 0 Å². The average molecular weight is 201 g/mol. The Kier molecular flexibility index (Phi) is 4.85. The van der Waals surface area contributed by atoms with Crippen molar-refractivity contribution in [1.82, 2.24) is 5.32 Å². The molecule has 0 radical (unpaired) electrons. The van der Waals surface area contributed by atoms with Crippen LogP contribution in [0.1, 0.15) is 39.5 Å². The first kappa shape index (κ1) is 12.0. The van der Waals surface area contributed by atoms with E-state index >= 15 is 0 Å². The molecular formula is C11H23NO2. The maximum atomic E-state index is 9.62. The Hall–Kier alpha value is -0.120. The minimum absolute atomic E-state index is 0.205. The molecule has 14 heavy (non-hydrogen) atoms. The lowest BCUT2D eigenvalue weighted by Gasteiger charge is -2.20. The molecule has 3 heteroatoms. The van der Waals surface area contributed by atoms with Crippen LogP contribution in [0.3, 0.4) is 0 Å². The molecule has 3 nitrogen and oxygen atoms in total. The Labute approximate surface area is 86.5 Å². The second-order valence-corrected chi connectivity index (χ2v) is 4.80. The number of hydrogen-bond donors (Lipinski definition) is 3. The van der Waals surface area contributed by atoms with Gasteiger partial charge in [0, 0.05) is 12.6 Å². The molecule has 3 atom stereocenters. The zero-order valence-corrected chi connectivity index (χ0v) is 9.24. The summed E-state index contributed by atoms with van der Waals surface area (Å²) in [6.07, 6.45) is 3.38. The van der Waals surface area contributed by atoms with Crippen LogP contribution in [0.15, 0.2) is 0 Å². The normalized spacial score (nSPS) is 29.8. The molecule has 3 N–H and O–H groups in total. The number of aliphatic hydroxyl groups excluding tert-OH is 2. The van der Waals surface area contributed by atoms with Gasteiger partial charge in [-0.2, -0.15) is 0 Å². The van der Waals surface area contributed by atoms with Gasteiger partial charge >= 0.3 is 0 Å². The fourth-order valence-electron chi connectivity index (χ4n) is 2.09. The highest BCUT2D eigenvalue weighted by Crippen LogP contribution is 2.18. The summed E-state index contributed by atoms with van der Waals surface area (Å²) in [4.78, 5) is 0. The van der Waals surface area contributed by atoms with Gasteiger partial charge in [-0.3, -0.25) is 0 Å². The standard InChI is InChI=1S/C11H23NO2/c1-8(2)6-9(13)7-12-10-4-3-5-11(10)14/h8-14H,3-7H2,1-2H3. The van der Waals surface area contributed by atoms with E-state index in [4.69, 9.17) is 0 Å². The quantitative estimate of drug-likeness (QED) is 0.619. The summed E-state index contributed by atoms with van der Waals surface area (Å²) in [7, 11) is 0. The van der Waals surface area contributed by atoms with E-state index in [-0.39, 0.29) is 18.2 Å². The number of hydrogen-bond acceptors (Lipinski definition) is 3. The predicted octanol–water partition coefficient (Wildman–Crippen LogP) is 0.896. The molecule has 1 aliphatic carbocycles. The largest absolute Gasteiger partial charge is 0.392 e. The van der Waals surface area contributed by atoms with E-state index in [9.17, 15) is 10.2 Å². The molecule has 1 fully saturated rings. The first-order chi connectivity index (χ1) is 6.59. The SMILES string of the molecule is CC(C)CC(O)CNC1CCCC1O. The summed E-state index contributed by atoms with van der Waals surface area (Å²) >= 11 is 0. The summed E-state index contributed by atoms with van der Waals surface area (Å²) in [5, 5.41) is 22.4. The van der Waals surface area contributed by atoms with Crippen LogP contribution < -0.4 is 5.32 Å². The molecule has 0 amide bonds. The molecular weight excluding hydrogens is 178 g/mol.